The molecule has 1 unspecified atom stereocenters. The molecule has 36 heavy (non-hydrogen) atoms. The topological polar surface area (TPSA) is 97.4 Å². The number of aromatic amines is 1. The molecule has 1 spiro atoms. The van der Waals surface area contributed by atoms with Crippen molar-refractivity contribution in [1.29, 1.82) is 0 Å². The van der Waals surface area contributed by atoms with Crippen LogP contribution in [0.1, 0.15) is 53.3 Å². The number of nitrogens with zero attached hydrogens (tertiary/aromatic N) is 3. The Bertz CT molecular complexity index is 1370. The number of ether oxygens (including phenoxy) is 2. The Labute approximate surface area is 204 Å². The van der Waals surface area contributed by atoms with Crippen molar-refractivity contribution in [3.8, 4) is 5.75 Å². The number of carbonyl (C=O) groups excluding carboxylic acids is 1. The standard InChI is InChI=1S/C25H25F3N4O4/c1-14(18-10-19-21(29-15(2)30-22(19)33)31-20(18)25(26,27)28)36-17-6-4-16(5-7-17)23(34)32-9-3-8-24(11-32)12-35-13-24/h4-7,10,14H,3,8-9,11-13H2,1-2H3,(H,29,30,31,33). The molecule has 2 saturated heterocycles. The first-order chi connectivity index (χ1) is 17.0. The van der Waals surface area contributed by atoms with E-state index in [-0.39, 0.29) is 39.5 Å². The van der Waals surface area contributed by atoms with E-state index < -0.39 is 23.5 Å². The van der Waals surface area contributed by atoms with Crippen molar-refractivity contribution < 1.29 is 27.4 Å². The van der Waals surface area contributed by atoms with Crippen LogP contribution >= 0.6 is 0 Å². The molecule has 2 aliphatic rings. The Morgan fingerprint density at radius 3 is 2.58 bits per heavy atom. The molecule has 5 rings (SSSR count). The summed E-state index contributed by atoms with van der Waals surface area (Å²) in [6.45, 7) is 5.59. The highest BCUT2D eigenvalue weighted by Gasteiger charge is 2.43. The normalized spacial score (nSPS) is 18.2. The lowest BCUT2D eigenvalue weighted by Gasteiger charge is -2.48. The van der Waals surface area contributed by atoms with Gasteiger partial charge in [-0.05, 0) is 57.0 Å². The summed E-state index contributed by atoms with van der Waals surface area (Å²) >= 11 is 0. The van der Waals surface area contributed by atoms with E-state index >= 15 is 0 Å². The number of likely N-dealkylation sites (tertiary alicyclic amines) is 1. The molecular weight excluding hydrogens is 477 g/mol. The summed E-state index contributed by atoms with van der Waals surface area (Å²) < 4.78 is 52.5. The highest BCUT2D eigenvalue weighted by atomic mass is 19.4. The van der Waals surface area contributed by atoms with E-state index in [2.05, 4.69) is 15.0 Å². The summed E-state index contributed by atoms with van der Waals surface area (Å²) in [4.78, 5) is 37.2. The average Bonchev–Trinajstić information content (AvgIpc) is 2.82. The van der Waals surface area contributed by atoms with Crippen LogP contribution in [0.4, 0.5) is 13.2 Å². The van der Waals surface area contributed by atoms with Gasteiger partial charge in [-0.1, -0.05) is 0 Å². The minimum absolute atomic E-state index is 0.0591. The second-order valence-corrected chi connectivity index (χ2v) is 9.55. The van der Waals surface area contributed by atoms with Crippen molar-refractivity contribution in [2.75, 3.05) is 26.3 Å². The van der Waals surface area contributed by atoms with Crippen molar-refractivity contribution in [1.82, 2.24) is 19.9 Å². The molecule has 4 heterocycles. The van der Waals surface area contributed by atoms with Crippen LogP contribution in [0.25, 0.3) is 11.0 Å². The van der Waals surface area contributed by atoms with Gasteiger partial charge < -0.3 is 19.4 Å². The number of pyridine rings is 1. The molecule has 0 bridgehead atoms. The number of halogens is 3. The molecule has 190 valence electrons. The van der Waals surface area contributed by atoms with E-state index in [0.29, 0.717) is 31.9 Å². The maximum Gasteiger partial charge on any atom is 0.433 e. The highest BCUT2D eigenvalue weighted by molar-refractivity contribution is 5.94. The van der Waals surface area contributed by atoms with Crippen LogP contribution in [0.3, 0.4) is 0 Å². The Morgan fingerprint density at radius 1 is 1.22 bits per heavy atom. The van der Waals surface area contributed by atoms with E-state index in [1.165, 1.54) is 13.8 Å². The largest absolute Gasteiger partial charge is 0.486 e. The first kappa shape index (κ1) is 24.2. The number of aromatic nitrogens is 3. The fourth-order valence-electron chi connectivity index (χ4n) is 4.86. The smallest absolute Gasteiger partial charge is 0.433 e. The van der Waals surface area contributed by atoms with Gasteiger partial charge in [-0.3, -0.25) is 9.59 Å². The van der Waals surface area contributed by atoms with Gasteiger partial charge in [-0.2, -0.15) is 13.2 Å². The van der Waals surface area contributed by atoms with Crippen LogP contribution in [0.5, 0.6) is 5.75 Å². The Hall–Kier alpha value is -3.47. The minimum atomic E-state index is -4.77. The fourth-order valence-corrected chi connectivity index (χ4v) is 4.86. The molecule has 11 heteroatoms. The molecule has 2 aromatic heterocycles. The summed E-state index contributed by atoms with van der Waals surface area (Å²) in [5.74, 6) is 0.354. The van der Waals surface area contributed by atoms with Gasteiger partial charge in [0.25, 0.3) is 11.5 Å². The number of amides is 1. The van der Waals surface area contributed by atoms with E-state index in [0.717, 1.165) is 18.9 Å². The number of carbonyl (C=O) groups is 1. The first-order valence-corrected chi connectivity index (χ1v) is 11.7. The number of H-pyrrole nitrogens is 1. The summed E-state index contributed by atoms with van der Waals surface area (Å²) in [5.41, 5.74) is -1.77. The van der Waals surface area contributed by atoms with E-state index in [4.69, 9.17) is 9.47 Å². The molecule has 0 saturated carbocycles. The number of benzene rings is 1. The van der Waals surface area contributed by atoms with Gasteiger partial charge in [0.1, 0.15) is 17.7 Å². The van der Waals surface area contributed by atoms with Gasteiger partial charge in [-0.15, -0.1) is 0 Å². The number of hydrogen-bond acceptors (Lipinski definition) is 6. The van der Waals surface area contributed by atoms with Gasteiger partial charge in [0.05, 0.1) is 18.6 Å². The lowest BCUT2D eigenvalue weighted by atomic mass is 9.78. The van der Waals surface area contributed by atoms with Crippen molar-refractivity contribution in [3.63, 3.8) is 0 Å². The maximum atomic E-state index is 13.8. The summed E-state index contributed by atoms with van der Waals surface area (Å²) in [7, 11) is 0. The zero-order valence-electron chi connectivity index (χ0n) is 19.8. The van der Waals surface area contributed by atoms with Crippen molar-refractivity contribution in [3.05, 3.63) is 63.3 Å². The number of fused-ring (bicyclic) bond motifs is 1. The molecule has 0 aliphatic carbocycles. The molecule has 8 nitrogen and oxygen atoms in total. The van der Waals surface area contributed by atoms with Crippen LogP contribution in [0, 0.1) is 12.3 Å². The molecule has 0 radical (unpaired) electrons. The Kier molecular flexibility index (Phi) is 5.98. The predicted molar refractivity (Wildman–Crippen MR) is 124 cm³/mol. The van der Waals surface area contributed by atoms with Crippen LogP contribution in [0.2, 0.25) is 0 Å². The zero-order chi connectivity index (χ0) is 25.7. The van der Waals surface area contributed by atoms with Gasteiger partial charge in [0, 0.05) is 29.6 Å². The van der Waals surface area contributed by atoms with Crippen molar-refractivity contribution in [2.24, 2.45) is 5.41 Å². The lowest BCUT2D eigenvalue weighted by molar-refractivity contribution is -0.142. The van der Waals surface area contributed by atoms with Gasteiger partial charge in [0.15, 0.2) is 11.3 Å². The number of alkyl halides is 3. The average molecular weight is 502 g/mol. The Morgan fingerprint density at radius 2 is 1.94 bits per heavy atom. The highest BCUT2D eigenvalue weighted by Crippen LogP contribution is 2.38. The van der Waals surface area contributed by atoms with Gasteiger partial charge >= 0.3 is 6.18 Å². The number of piperidine rings is 1. The third-order valence-electron chi connectivity index (χ3n) is 6.73. The summed E-state index contributed by atoms with van der Waals surface area (Å²) in [5, 5.41) is -0.0591. The minimum Gasteiger partial charge on any atom is -0.486 e. The second kappa shape index (κ2) is 8.88. The number of aryl methyl sites for hydroxylation is 1. The molecule has 3 aromatic rings. The van der Waals surface area contributed by atoms with E-state index in [9.17, 15) is 22.8 Å². The van der Waals surface area contributed by atoms with Crippen LogP contribution in [-0.2, 0) is 10.9 Å². The number of nitrogens with one attached hydrogen (secondary N) is 1. The molecule has 1 N–H and O–H groups in total. The number of rotatable bonds is 4. The van der Waals surface area contributed by atoms with E-state index in [1.807, 2.05) is 4.90 Å². The Balaban J connectivity index is 1.37. The molecule has 1 amide bonds. The van der Waals surface area contributed by atoms with Gasteiger partial charge in [-0.25, -0.2) is 9.97 Å². The van der Waals surface area contributed by atoms with Crippen LogP contribution in [0.15, 0.2) is 35.1 Å². The summed E-state index contributed by atoms with van der Waals surface area (Å²) in [6, 6.07) is 7.42. The van der Waals surface area contributed by atoms with E-state index in [1.54, 1.807) is 24.3 Å². The van der Waals surface area contributed by atoms with Crippen LogP contribution in [-0.4, -0.2) is 52.1 Å². The summed E-state index contributed by atoms with van der Waals surface area (Å²) in [6.07, 6.45) is -3.88. The predicted octanol–water partition coefficient (Wildman–Crippen LogP) is 4.04. The monoisotopic (exact) mass is 502 g/mol. The lowest BCUT2D eigenvalue weighted by Crippen LogP contribution is -2.55. The first-order valence-electron chi connectivity index (χ1n) is 11.7. The molecule has 2 fully saturated rings. The van der Waals surface area contributed by atoms with Crippen molar-refractivity contribution in [2.45, 2.75) is 39.0 Å². The van der Waals surface area contributed by atoms with Crippen LogP contribution < -0.4 is 10.3 Å². The SMILES string of the molecule is Cc1nc2nc(C(F)(F)F)c(C(C)Oc3ccc(C(=O)N4CCCC5(COC5)C4)cc3)cc2c(=O)[nH]1. The second-order valence-electron chi connectivity index (χ2n) is 9.55. The number of hydrogen-bond donors (Lipinski definition) is 1. The molecular formula is C25H25F3N4O4. The maximum absolute atomic E-state index is 13.8. The molecule has 2 aliphatic heterocycles. The van der Waals surface area contributed by atoms with Crippen molar-refractivity contribution >= 4 is 16.9 Å². The van der Waals surface area contributed by atoms with Gasteiger partial charge in [0.2, 0.25) is 0 Å². The quantitative estimate of drug-likeness (QED) is 0.579. The molecule has 1 atom stereocenters. The fraction of sp³-hybridized carbons (Fsp3) is 0.440. The zero-order valence-corrected chi connectivity index (χ0v) is 19.8. The third kappa shape index (κ3) is 4.55. The molecule has 1 aromatic carbocycles. The third-order valence-corrected chi connectivity index (χ3v) is 6.73.